The molecule has 0 unspecified atom stereocenters. The number of esters is 1. The fourth-order valence-electron chi connectivity index (χ4n) is 2.25. The number of rotatable bonds is 5. The van der Waals surface area contributed by atoms with Crippen molar-refractivity contribution in [1.82, 2.24) is 0 Å². The topological polar surface area (TPSA) is 97.7 Å². The van der Waals surface area contributed by atoms with Crippen molar-refractivity contribution in [2.45, 2.75) is 0 Å². The Bertz CT molecular complexity index is 948. The third kappa shape index (κ3) is 4.98. The maximum absolute atomic E-state index is 12.1. The lowest BCUT2D eigenvalue weighted by atomic mass is 10.1. The third-order valence-electron chi connectivity index (χ3n) is 3.51. The molecule has 7 nitrogen and oxygen atoms in total. The van der Waals surface area contributed by atoms with Crippen molar-refractivity contribution >= 4 is 46.2 Å². The van der Waals surface area contributed by atoms with Gasteiger partial charge in [-0.1, -0.05) is 6.07 Å². The average molecular weight is 476 g/mol. The van der Waals surface area contributed by atoms with Crippen molar-refractivity contribution in [3.8, 4) is 17.6 Å². The quantitative estimate of drug-likeness (QED) is 0.308. The second-order valence-electron chi connectivity index (χ2n) is 5.41. The summed E-state index contributed by atoms with van der Waals surface area (Å²) in [6.45, 7) is -0.365. The van der Waals surface area contributed by atoms with Crippen LogP contribution < -0.4 is 14.8 Å². The largest absolute Gasteiger partial charge is 0.454 e. The Labute approximate surface area is 168 Å². The van der Waals surface area contributed by atoms with Crippen LogP contribution in [0.4, 0.5) is 5.69 Å². The molecule has 0 fully saturated rings. The number of carbonyl (C=O) groups is 2. The van der Waals surface area contributed by atoms with Crippen LogP contribution in [0, 0.1) is 14.9 Å². The number of hydrogen-bond acceptors (Lipinski definition) is 6. The second-order valence-corrected chi connectivity index (χ2v) is 6.66. The van der Waals surface area contributed by atoms with E-state index < -0.39 is 18.5 Å². The van der Waals surface area contributed by atoms with Gasteiger partial charge in [0.15, 0.2) is 18.1 Å². The van der Waals surface area contributed by atoms with Gasteiger partial charge >= 0.3 is 5.97 Å². The molecule has 0 bridgehead atoms. The molecule has 1 aliphatic heterocycles. The Kier molecular flexibility index (Phi) is 5.93. The maximum atomic E-state index is 12.1. The number of amides is 1. The van der Waals surface area contributed by atoms with Gasteiger partial charge in [-0.25, -0.2) is 4.79 Å². The number of fused-ring (bicyclic) bond motifs is 1. The van der Waals surface area contributed by atoms with Gasteiger partial charge in [-0.15, -0.1) is 0 Å². The zero-order valence-electron chi connectivity index (χ0n) is 13.9. The van der Waals surface area contributed by atoms with Crippen LogP contribution in [0.2, 0.25) is 0 Å². The summed E-state index contributed by atoms with van der Waals surface area (Å²) in [5.41, 5.74) is 0.944. The van der Waals surface area contributed by atoms with E-state index in [4.69, 9.17) is 14.2 Å². The van der Waals surface area contributed by atoms with E-state index in [-0.39, 0.29) is 12.4 Å². The van der Waals surface area contributed by atoms with Crippen LogP contribution in [0.15, 0.2) is 48.0 Å². The van der Waals surface area contributed by atoms with E-state index in [0.29, 0.717) is 22.7 Å². The van der Waals surface area contributed by atoms with Gasteiger partial charge in [0.1, 0.15) is 11.6 Å². The van der Waals surface area contributed by atoms with Crippen molar-refractivity contribution < 1.29 is 23.8 Å². The number of hydrogen-bond donors (Lipinski definition) is 1. The van der Waals surface area contributed by atoms with E-state index in [1.807, 2.05) is 12.1 Å². The highest BCUT2D eigenvalue weighted by molar-refractivity contribution is 14.1. The Morgan fingerprint density at radius 2 is 1.93 bits per heavy atom. The van der Waals surface area contributed by atoms with Crippen molar-refractivity contribution in [3.63, 3.8) is 0 Å². The maximum Gasteiger partial charge on any atom is 0.349 e. The highest BCUT2D eigenvalue weighted by atomic mass is 127. The SMILES string of the molecule is N#C/C(=C\c1ccc2c(c1)OCO2)C(=O)OCC(=O)Nc1ccc(I)cc1. The fourth-order valence-corrected chi connectivity index (χ4v) is 2.61. The Hall–Kier alpha value is -3.06. The molecule has 0 saturated carbocycles. The summed E-state index contributed by atoms with van der Waals surface area (Å²) in [6.07, 6.45) is 1.36. The van der Waals surface area contributed by atoms with Gasteiger partial charge in [0.25, 0.3) is 5.91 Å². The van der Waals surface area contributed by atoms with Crippen LogP contribution in [-0.4, -0.2) is 25.3 Å². The Morgan fingerprint density at radius 1 is 1.19 bits per heavy atom. The van der Waals surface area contributed by atoms with E-state index in [2.05, 4.69) is 27.9 Å². The number of halogens is 1. The first-order valence-corrected chi connectivity index (χ1v) is 8.87. The van der Waals surface area contributed by atoms with E-state index >= 15 is 0 Å². The summed E-state index contributed by atoms with van der Waals surface area (Å²) in [6, 6.07) is 13.9. The number of nitrogens with zero attached hydrogens (tertiary/aromatic N) is 1. The number of anilines is 1. The molecule has 27 heavy (non-hydrogen) atoms. The molecule has 2 aromatic rings. The molecule has 2 aromatic carbocycles. The van der Waals surface area contributed by atoms with Gasteiger partial charge in [0.2, 0.25) is 6.79 Å². The molecule has 0 atom stereocenters. The first kappa shape index (κ1) is 18.7. The first-order valence-electron chi connectivity index (χ1n) is 7.79. The van der Waals surface area contributed by atoms with Gasteiger partial charge in [-0.2, -0.15) is 5.26 Å². The molecular weight excluding hydrogens is 463 g/mol. The molecule has 1 aliphatic rings. The average Bonchev–Trinajstić information content (AvgIpc) is 3.14. The summed E-state index contributed by atoms with van der Waals surface area (Å²) in [7, 11) is 0. The van der Waals surface area contributed by atoms with Crippen LogP contribution in [0.3, 0.4) is 0 Å². The predicted molar refractivity (Wildman–Crippen MR) is 105 cm³/mol. The highest BCUT2D eigenvalue weighted by Crippen LogP contribution is 2.33. The number of ether oxygens (including phenoxy) is 3. The summed E-state index contributed by atoms with van der Waals surface area (Å²) in [5.74, 6) is -0.246. The molecule has 3 rings (SSSR count). The number of nitriles is 1. The molecule has 136 valence electrons. The van der Waals surface area contributed by atoms with Crippen molar-refractivity contribution in [2.75, 3.05) is 18.7 Å². The molecule has 0 saturated heterocycles. The van der Waals surface area contributed by atoms with E-state index in [0.717, 1.165) is 3.57 Å². The molecular formula is C19H13IN2O5. The lowest BCUT2D eigenvalue weighted by molar-refractivity contribution is -0.142. The number of carbonyl (C=O) groups excluding carboxylic acids is 2. The van der Waals surface area contributed by atoms with Crippen LogP contribution in [-0.2, 0) is 14.3 Å². The van der Waals surface area contributed by atoms with Crippen LogP contribution >= 0.6 is 22.6 Å². The monoisotopic (exact) mass is 476 g/mol. The fraction of sp³-hybridized carbons (Fsp3) is 0.105. The van der Waals surface area contributed by atoms with Crippen molar-refractivity contribution in [1.29, 1.82) is 5.26 Å². The molecule has 0 aliphatic carbocycles. The number of benzene rings is 2. The van der Waals surface area contributed by atoms with E-state index in [9.17, 15) is 14.9 Å². The molecule has 0 radical (unpaired) electrons. The third-order valence-corrected chi connectivity index (χ3v) is 4.23. The zero-order chi connectivity index (χ0) is 19.2. The van der Waals surface area contributed by atoms with E-state index in [1.54, 1.807) is 36.4 Å². The Morgan fingerprint density at radius 3 is 2.67 bits per heavy atom. The van der Waals surface area contributed by atoms with Gasteiger partial charge in [0.05, 0.1) is 0 Å². The highest BCUT2D eigenvalue weighted by Gasteiger charge is 2.16. The second kappa shape index (κ2) is 8.55. The summed E-state index contributed by atoms with van der Waals surface area (Å²) >= 11 is 2.15. The molecule has 8 heteroatoms. The van der Waals surface area contributed by atoms with Gasteiger partial charge in [-0.3, -0.25) is 4.79 Å². The first-order chi connectivity index (χ1) is 13.0. The van der Waals surface area contributed by atoms with E-state index in [1.165, 1.54) is 6.08 Å². The molecule has 1 N–H and O–H groups in total. The molecule has 0 aromatic heterocycles. The molecule has 1 heterocycles. The molecule has 0 spiro atoms. The van der Waals surface area contributed by atoms with Gasteiger partial charge in [-0.05, 0) is 70.6 Å². The summed E-state index contributed by atoms with van der Waals surface area (Å²) in [4.78, 5) is 23.9. The normalized spacial score (nSPS) is 12.2. The molecule has 1 amide bonds. The predicted octanol–water partition coefficient (Wildman–Crippen LogP) is 3.11. The Balaban J connectivity index is 1.59. The zero-order valence-corrected chi connectivity index (χ0v) is 16.1. The minimum absolute atomic E-state index is 0.130. The summed E-state index contributed by atoms with van der Waals surface area (Å²) < 4.78 is 16.4. The van der Waals surface area contributed by atoms with Crippen LogP contribution in [0.5, 0.6) is 11.5 Å². The van der Waals surface area contributed by atoms with Crippen molar-refractivity contribution in [2.24, 2.45) is 0 Å². The minimum atomic E-state index is -0.882. The van der Waals surface area contributed by atoms with Crippen molar-refractivity contribution in [3.05, 3.63) is 57.2 Å². The van der Waals surface area contributed by atoms with Gasteiger partial charge < -0.3 is 19.5 Å². The lowest BCUT2D eigenvalue weighted by Gasteiger charge is -2.06. The lowest BCUT2D eigenvalue weighted by Crippen LogP contribution is -2.21. The van der Waals surface area contributed by atoms with Crippen LogP contribution in [0.25, 0.3) is 6.08 Å². The minimum Gasteiger partial charge on any atom is -0.454 e. The van der Waals surface area contributed by atoms with Gasteiger partial charge in [0, 0.05) is 9.26 Å². The smallest absolute Gasteiger partial charge is 0.349 e. The summed E-state index contributed by atoms with van der Waals surface area (Å²) in [5, 5.41) is 11.8. The number of nitrogens with one attached hydrogen (secondary N) is 1. The van der Waals surface area contributed by atoms with Crippen LogP contribution in [0.1, 0.15) is 5.56 Å². The standard InChI is InChI=1S/C19H13IN2O5/c20-14-2-4-15(5-3-14)22-18(23)10-25-19(24)13(9-21)7-12-1-6-16-17(8-12)27-11-26-16/h1-8H,10-11H2,(H,22,23)/b13-7+.